The Morgan fingerprint density at radius 1 is 0.355 bits per heavy atom. The lowest BCUT2D eigenvalue weighted by molar-refractivity contribution is 1.07. The van der Waals surface area contributed by atoms with Crippen LogP contribution in [-0.2, 0) is 0 Å². The minimum absolute atomic E-state index is 0.558. The van der Waals surface area contributed by atoms with E-state index in [1.54, 1.807) is 0 Å². The van der Waals surface area contributed by atoms with Crippen LogP contribution in [0.5, 0.6) is 0 Å². The third-order valence-electron chi connectivity index (χ3n) is 11.7. The second-order valence-electron chi connectivity index (χ2n) is 15.4. The van der Waals surface area contributed by atoms with Gasteiger partial charge in [-0.3, -0.25) is 4.98 Å². The number of nitrogens with zero attached hydrogens (tertiary/aromatic N) is 5. The van der Waals surface area contributed by atoms with Gasteiger partial charge in [-0.15, -0.1) is 11.3 Å². The van der Waals surface area contributed by atoms with Crippen molar-refractivity contribution in [2.45, 2.75) is 0 Å². The molecule has 4 aromatic heterocycles. The van der Waals surface area contributed by atoms with Gasteiger partial charge in [0.15, 0.2) is 17.5 Å². The fourth-order valence-electron chi connectivity index (χ4n) is 8.88. The van der Waals surface area contributed by atoms with Crippen molar-refractivity contribution >= 4 is 53.3 Å². The maximum Gasteiger partial charge on any atom is 0.166 e. The van der Waals surface area contributed by atoms with Crippen LogP contribution in [0.4, 0.5) is 0 Å². The van der Waals surface area contributed by atoms with Crippen molar-refractivity contribution in [1.82, 2.24) is 24.5 Å². The van der Waals surface area contributed by atoms with Crippen molar-refractivity contribution in [2.75, 3.05) is 0 Å². The van der Waals surface area contributed by atoms with Crippen molar-refractivity contribution in [1.29, 1.82) is 0 Å². The third kappa shape index (κ3) is 6.08. The van der Waals surface area contributed by atoms with Crippen LogP contribution in [0.25, 0.3) is 115 Å². The molecule has 62 heavy (non-hydrogen) atoms. The molecule has 0 aliphatic carbocycles. The fraction of sp³-hybridized carbons (Fsp3) is 0. The normalized spacial score (nSPS) is 11.5. The molecule has 0 bridgehead atoms. The van der Waals surface area contributed by atoms with E-state index in [0.29, 0.717) is 17.5 Å². The van der Waals surface area contributed by atoms with Crippen molar-refractivity contribution in [3.05, 3.63) is 212 Å². The molecule has 0 saturated heterocycles. The smallest absolute Gasteiger partial charge is 0.166 e. The lowest BCUT2D eigenvalue weighted by Crippen LogP contribution is -2.02. The van der Waals surface area contributed by atoms with Crippen LogP contribution < -0.4 is 0 Å². The van der Waals surface area contributed by atoms with Gasteiger partial charge in [-0.05, 0) is 65.2 Å². The van der Waals surface area contributed by atoms with Crippen LogP contribution in [0.3, 0.4) is 0 Å². The van der Waals surface area contributed by atoms with Gasteiger partial charge in [0.1, 0.15) is 0 Å². The van der Waals surface area contributed by atoms with E-state index in [9.17, 15) is 0 Å². The van der Waals surface area contributed by atoms with Crippen LogP contribution in [-0.4, -0.2) is 24.5 Å². The van der Waals surface area contributed by atoms with E-state index in [1.807, 2.05) is 78.2 Å². The number of hydrogen-bond acceptors (Lipinski definition) is 5. The molecule has 0 atom stereocenters. The highest BCUT2D eigenvalue weighted by atomic mass is 32.1. The Kier molecular flexibility index (Phi) is 8.61. The van der Waals surface area contributed by atoms with Gasteiger partial charge < -0.3 is 4.57 Å². The van der Waals surface area contributed by atoms with Crippen molar-refractivity contribution in [3.8, 4) is 73.4 Å². The Bertz CT molecular complexity index is 3560. The van der Waals surface area contributed by atoms with Crippen molar-refractivity contribution in [3.63, 3.8) is 0 Å². The predicted molar refractivity (Wildman–Crippen MR) is 257 cm³/mol. The van der Waals surface area contributed by atoms with E-state index in [2.05, 4.69) is 150 Å². The van der Waals surface area contributed by atoms with E-state index < -0.39 is 0 Å². The lowest BCUT2D eigenvalue weighted by Gasteiger charge is -2.15. The van der Waals surface area contributed by atoms with Gasteiger partial charge in [-0.2, -0.15) is 0 Å². The standard InChI is InChI=1S/C56H35N5S/c1-5-17-36(18-6-1)42-25-13-14-26-43(42)40-34-46(56-59-54(37-19-7-2-8-20-37)58-55(60-56)38-21-9-3-10-22-38)53(57-35-40)39-29-31-49-45(33-39)52-50(62-49)32-30-48-51(52)44-27-15-16-28-47(44)61(48)41-23-11-4-12-24-41/h1-35H. The van der Waals surface area contributed by atoms with Crippen molar-refractivity contribution in [2.24, 2.45) is 0 Å². The summed E-state index contributed by atoms with van der Waals surface area (Å²) in [6.07, 6.45) is 2.00. The molecule has 0 N–H and O–H groups in total. The first kappa shape index (κ1) is 35.8. The van der Waals surface area contributed by atoms with Gasteiger partial charge >= 0.3 is 0 Å². The number of rotatable bonds is 7. The van der Waals surface area contributed by atoms with E-state index in [0.717, 1.165) is 55.9 Å². The number of benzene rings is 8. The van der Waals surface area contributed by atoms with Crippen LogP contribution in [0.15, 0.2) is 212 Å². The Morgan fingerprint density at radius 2 is 0.919 bits per heavy atom. The number of hydrogen-bond donors (Lipinski definition) is 0. The largest absolute Gasteiger partial charge is 0.309 e. The van der Waals surface area contributed by atoms with Gasteiger partial charge in [-0.1, -0.05) is 158 Å². The average molecular weight is 810 g/mol. The summed E-state index contributed by atoms with van der Waals surface area (Å²) < 4.78 is 4.86. The Morgan fingerprint density at radius 3 is 1.61 bits per heavy atom. The number of aromatic nitrogens is 5. The molecule has 0 radical (unpaired) electrons. The van der Waals surface area contributed by atoms with Crippen LogP contribution in [0, 0.1) is 0 Å². The fourth-order valence-corrected chi connectivity index (χ4v) is 9.97. The molecule has 5 nitrogen and oxygen atoms in total. The molecule has 290 valence electrons. The first-order chi connectivity index (χ1) is 30.7. The summed E-state index contributed by atoms with van der Waals surface area (Å²) in [7, 11) is 0. The summed E-state index contributed by atoms with van der Waals surface area (Å²) in [5, 5.41) is 4.93. The molecule has 0 amide bonds. The number of fused-ring (bicyclic) bond motifs is 7. The van der Waals surface area contributed by atoms with Gasteiger partial charge in [0, 0.05) is 70.6 Å². The van der Waals surface area contributed by atoms with Crippen molar-refractivity contribution < 1.29 is 0 Å². The summed E-state index contributed by atoms with van der Waals surface area (Å²) in [5.74, 6) is 1.77. The molecule has 0 aliphatic rings. The molecule has 4 heterocycles. The van der Waals surface area contributed by atoms with E-state index in [4.69, 9.17) is 19.9 Å². The number of thiophene rings is 1. The van der Waals surface area contributed by atoms with Gasteiger partial charge in [0.25, 0.3) is 0 Å². The second-order valence-corrected chi connectivity index (χ2v) is 16.5. The van der Waals surface area contributed by atoms with Gasteiger partial charge in [0.2, 0.25) is 0 Å². The molecule has 12 rings (SSSR count). The molecule has 0 aliphatic heterocycles. The summed E-state index contributed by atoms with van der Waals surface area (Å²) in [5.41, 5.74) is 12.3. The number of pyridine rings is 1. The molecule has 6 heteroatoms. The van der Waals surface area contributed by atoms with Crippen LogP contribution in [0.1, 0.15) is 0 Å². The van der Waals surface area contributed by atoms with Crippen LogP contribution in [0.2, 0.25) is 0 Å². The highest BCUT2D eigenvalue weighted by Gasteiger charge is 2.22. The molecule has 12 aromatic rings. The van der Waals surface area contributed by atoms with Crippen LogP contribution >= 0.6 is 11.3 Å². The Balaban J connectivity index is 1.12. The topological polar surface area (TPSA) is 56.5 Å². The minimum Gasteiger partial charge on any atom is -0.309 e. The third-order valence-corrected chi connectivity index (χ3v) is 12.8. The quantitative estimate of drug-likeness (QED) is 0.161. The lowest BCUT2D eigenvalue weighted by atomic mass is 9.93. The SMILES string of the molecule is c1ccc(-c2nc(-c3ccccc3)nc(-c3cc(-c4ccccc4-c4ccccc4)cnc3-c3ccc4sc5ccc6c(c7ccccc7n6-c6ccccc6)c5c4c3)n2)cc1. The maximum absolute atomic E-state index is 5.37. The van der Waals surface area contributed by atoms with E-state index in [1.165, 1.54) is 42.0 Å². The second kappa shape index (κ2) is 14.9. The molecular weight excluding hydrogens is 775 g/mol. The highest BCUT2D eigenvalue weighted by molar-refractivity contribution is 7.26. The summed E-state index contributed by atoms with van der Waals surface area (Å²) in [6, 6.07) is 72.3. The molecule has 8 aromatic carbocycles. The summed E-state index contributed by atoms with van der Waals surface area (Å²) in [4.78, 5) is 20.9. The molecule has 0 spiro atoms. The first-order valence-corrected chi connectivity index (χ1v) is 21.5. The highest BCUT2D eigenvalue weighted by Crippen LogP contribution is 2.45. The Labute approximate surface area is 361 Å². The molecule has 0 saturated carbocycles. The average Bonchev–Trinajstić information content (AvgIpc) is 3.90. The van der Waals surface area contributed by atoms with E-state index >= 15 is 0 Å². The molecule has 0 fully saturated rings. The zero-order valence-corrected chi connectivity index (χ0v) is 34.2. The molecule has 0 unspecified atom stereocenters. The maximum atomic E-state index is 5.37. The zero-order valence-electron chi connectivity index (χ0n) is 33.4. The summed E-state index contributed by atoms with van der Waals surface area (Å²) in [6.45, 7) is 0. The summed E-state index contributed by atoms with van der Waals surface area (Å²) >= 11 is 1.83. The minimum atomic E-state index is 0.558. The van der Waals surface area contributed by atoms with Gasteiger partial charge in [-0.25, -0.2) is 15.0 Å². The molecular formula is C56H35N5S. The Hall–Kier alpha value is -8.06. The predicted octanol–water partition coefficient (Wildman–Crippen LogP) is 14.7. The van der Waals surface area contributed by atoms with E-state index in [-0.39, 0.29) is 0 Å². The monoisotopic (exact) mass is 809 g/mol. The first-order valence-electron chi connectivity index (χ1n) is 20.7. The zero-order chi connectivity index (χ0) is 41.0. The number of para-hydroxylation sites is 2. The van der Waals surface area contributed by atoms with Gasteiger partial charge in [0.05, 0.1) is 16.7 Å².